The third kappa shape index (κ3) is 21.6. The van der Waals surface area contributed by atoms with Gasteiger partial charge in [-0.05, 0) is 25.5 Å². The van der Waals surface area contributed by atoms with Gasteiger partial charge < -0.3 is 30.7 Å². The fourth-order valence-electron chi connectivity index (χ4n) is 1.68. The summed E-state index contributed by atoms with van der Waals surface area (Å²) < 4.78 is 6.52. The molecule has 0 radical (unpaired) electrons. The number of carbonyl (C=O) groups is 2. The Morgan fingerprint density at radius 1 is 1.15 bits per heavy atom. The van der Waals surface area contributed by atoms with E-state index in [0.29, 0.717) is 5.69 Å². The van der Waals surface area contributed by atoms with Crippen LogP contribution in [0.5, 0.6) is 0 Å². The van der Waals surface area contributed by atoms with Gasteiger partial charge in [0.15, 0.2) is 0 Å². The summed E-state index contributed by atoms with van der Waals surface area (Å²) in [6.07, 6.45) is 10.3. The van der Waals surface area contributed by atoms with E-state index in [-0.39, 0.29) is 5.70 Å². The van der Waals surface area contributed by atoms with Crippen molar-refractivity contribution in [3.63, 3.8) is 0 Å². The Bertz CT molecular complexity index is 762. The summed E-state index contributed by atoms with van der Waals surface area (Å²) in [6.45, 7) is 21.9. The number of carbonyl (C=O) groups excluding carboxylic acids is 2. The van der Waals surface area contributed by atoms with Crippen LogP contribution in [0, 0.1) is 6.92 Å². The number of nitrogens with one attached hydrogen (secondary N) is 1. The number of fused-ring (bicyclic) bond motifs is 1. The Labute approximate surface area is 200 Å². The van der Waals surface area contributed by atoms with Crippen LogP contribution in [0.3, 0.4) is 0 Å². The summed E-state index contributed by atoms with van der Waals surface area (Å²) in [4.78, 5) is 23.8. The number of ether oxygens (including phenoxy) is 1. The Morgan fingerprint density at radius 2 is 1.67 bits per heavy atom. The van der Waals surface area contributed by atoms with Crippen LogP contribution in [0.15, 0.2) is 61.7 Å². The first-order valence-corrected chi connectivity index (χ1v) is 10.8. The molecule has 0 fully saturated rings. The van der Waals surface area contributed by atoms with Crippen LogP contribution in [0.25, 0.3) is 5.65 Å². The minimum absolute atomic E-state index is 0.0214. The predicted molar refractivity (Wildman–Crippen MR) is 142 cm³/mol. The molecule has 2 rings (SSSR count). The van der Waals surface area contributed by atoms with Crippen molar-refractivity contribution in [2.24, 2.45) is 11.5 Å². The second-order valence-electron chi connectivity index (χ2n) is 5.81. The Morgan fingerprint density at radius 3 is 2.03 bits per heavy atom. The molecular formula is C25H45N5O3. The number of nitrogens with zero attached hydrogens (tertiary/aromatic N) is 2. The zero-order valence-corrected chi connectivity index (χ0v) is 21.6. The molecule has 8 nitrogen and oxygen atoms in total. The molecule has 0 aliphatic rings. The molecule has 0 atom stereocenters. The number of methoxy groups -OCH3 is 1. The molecule has 0 aromatic carbocycles. The normalized spacial score (nSPS) is 8.76. The van der Waals surface area contributed by atoms with Crippen LogP contribution < -0.4 is 16.8 Å². The summed E-state index contributed by atoms with van der Waals surface area (Å²) in [5, 5.41) is 2.63. The molecule has 2 aromatic rings. The fraction of sp³-hybridized carbons (Fsp3) is 0.400. The highest BCUT2D eigenvalue weighted by Crippen LogP contribution is 2.11. The van der Waals surface area contributed by atoms with Crippen LogP contribution in [0.1, 0.15) is 53.2 Å². The quantitative estimate of drug-likeness (QED) is 0.423. The third-order valence-electron chi connectivity index (χ3n) is 2.85. The predicted octanol–water partition coefficient (Wildman–Crippen LogP) is 5.00. The molecule has 1 amide bonds. The number of imidazole rings is 1. The number of pyridine rings is 1. The zero-order chi connectivity index (χ0) is 26.7. The maximum atomic E-state index is 11.5. The SMILES string of the molecule is C=CC=C.C=O.CC.CCC.CCCOC.Cc1cn2cc(NC(=O)/C(N)=C/N)ccc2n1. The monoisotopic (exact) mass is 463 g/mol. The minimum Gasteiger partial charge on any atom is -0.403 e. The van der Waals surface area contributed by atoms with E-state index < -0.39 is 5.91 Å². The molecule has 0 spiro atoms. The molecule has 2 heterocycles. The number of allylic oxidation sites excluding steroid dienone is 2. The van der Waals surface area contributed by atoms with Crippen molar-refractivity contribution in [1.29, 1.82) is 0 Å². The van der Waals surface area contributed by atoms with Crippen LogP contribution in [0.4, 0.5) is 5.69 Å². The van der Waals surface area contributed by atoms with Crippen molar-refractivity contribution < 1.29 is 14.3 Å². The number of aryl methyl sites for hydroxylation is 1. The largest absolute Gasteiger partial charge is 0.403 e. The van der Waals surface area contributed by atoms with Gasteiger partial charge in [0.25, 0.3) is 5.91 Å². The van der Waals surface area contributed by atoms with E-state index in [1.165, 1.54) is 6.42 Å². The molecule has 0 aliphatic heterocycles. The Hall–Kier alpha value is -3.39. The zero-order valence-electron chi connectivity index (χ0n) is 21.6. The van der Waals surface area contributed by atoms with Gasteiger partial charge in [-0.25, -0.2) is 4.98 Å². The molecule has 0 saturated heterocycles. The van der Waals surface area contributed by atoms with Gasteiger partial charge in [-0.2, -0.15) is 0 Å². The lowest BCUT2D eigenvalue weighted by Crippen LogP contribution is -2.21. The molecule has 0 unspecified atom stereocenters. The summed E-state index contributed by atoms with van der Waals surface area (Å²) in [5.41, 5.74) is 12.9. The number of rotatable bonds is 5. The van der Waals surface area contributed by atoms with Crippen LogP contribution in [-0.2, 0) is 14.3 Å². The van der Waals surface area contributed by atoms with E-state index in [2.05, 4.69) is 44.2 Å². The van der Waals surface area contributed by atoms with Gasteiger partial charge in [-0.1, -0.05) is 66.3 Å². The van der Waals surface area contributed by atoms with Gasteiger partial charge in [-0.15, -0.1) is 0 Å². The molecule has 0 aliphatic carbocycles. The highest BCUT2D eigenvalue weighted by molar-refractivity contribution is 6.02. The highest BCUT2D eigenvalue weighted by Gasteiger charge is 2.06. The first-order chi connectivity index (χ1) is 15.8. The highest BCUT2D eigenvalue weighted by atomic mass is 16.5. The molecule has 5 N–H and O–H groups in total. The molecule has 2 aromatic heterocycles. The maximum absolute atomic E-state index is 11.5. The van der Waals surface area contributed by atoms with Crippen molar-refractivity contribution >= 4 is 24.0 Å². The van der Waals surface area contributed by atoms with E-state index in [1.807, 2.05) is 44.2 Å². The van der Waals surface area contributed by atoms with Crippen molar-refractivity contribution in [2.45, 2.75) is 54.4 Å². The van der Waals surface area contributed by atoms with Gasteiger partial charge in [0, 0.05) is 32.3 Å². The second kappa shape index (κ2) is 28.6. The molecule has 8 heteroatoms. The second-order valence-corrected chi connectivity index (χ2v) is 5.81. The lowest BCUT2D eigenvalue weighted by atomic mass is 10.3. The van der Waals surface area contributed by atoms with E-state index in [1.54, 1.807) is 31.5 Å². The van der Waals surface area contributed by atoms with Gasteiger partial charge >= 0.3 is 0 Å². The lowest BCUT2D eigenvalue weighted by Gasteiger charge is -2.05. The molecule has 0 bridgehead atoms. The Balaban J connectivity index is -0.000000218. The van der Waals surface area contributed by atoms with E-state index in [4.69, 9.17) is 21.0 Å². The number of anilines is 1. The maximum Gasteiger partial charge on any atom is 0.273 e. The van der Waals surface area contributed by atoms with Crippen molar-refractivity contribution in [3.05, 3.63) is 67.4 Å². The van der Waals surface area contributed by atoms with Crippen LogP contribution >= 0.6 is 0 Å². The minimum atomic E-state index is -0.427. The van der Waals surface area contributed by atoms with E-state index in [0.717, 1.165) is 30.6 Å². The number of hydrogen-bond acceptors (Lipinski definition) is 6. The van der Waals surface area contributed by atoms with Gasteiger partial charge in [0.2, 0.25) is 0 Å². The van der Waals surface area contributed by atoms with Crippen molar-refractivity contribution in [1.82, 2.24) is 9.38 Å². The molecule has 188 valence electrons. The Kier molecular flexibility index (Phi) is 32.0. The van der Waals surface area contributed by atoms with Gasteiger partial charge in [0.05, 0.1) is 11.4 Å². The molecular weight excluding hydrogens is 418 g/mol. The summed E-state index contributed by atoms with van der Waals surface area (Å²) in [6, 6.07) is 3.56. The first kappa shape index (κ1) is 37.0. The number of hydrogen-bond donors (Lipinski definition) is 3. The lowest BCUT2D eigenvalue weighted by molar-refractivity contribution is -0.112. The van der Waals surface area contributed by atoms with Gasteiger partial charge in [-0.3, -0.25) is 4.79 Å². The van der Waals surface area contributed by atoms with Crippen LogP contribution in [0.2, 0.25) is 0 Å². The number of amides is 1. The summed E-state index contributed by atoms with van der Waals surface area (Å²) in [5.74, 6) is -0.427. The topological polar surface area (TPSA) is 125 Å². The average molecular weight is 464 g/mol. The fourth-order valence-corrected chi connectivity index (χ4v) is 1.68. The van der Waals surface area contributed by atoms with E-state index in [9.17, 15) is 4.79 Å². The summed E-state index contributed by atoms with van der Waals surface area (Å²) >= 11 is 0. The number of nitrogens with two attached hydrogens (primary N) is 2. The van der Waals surface area contributed by atoms with Crippen molar-refractivity contribution in [3.8, 4) is 0 Å². The first-order valence-electron chi connectivity index (χ1n) is 10.8. The number of aromatic nitrogens is 2. The van der Waals surface area contributed by atoms with E-state index >= 15 is 0 Å². The van der Waals surface area contributed by atoms with Gasteiger partial charge in [0.1, 0.15) is 18.1 Å². The molecule has 33 heavy (non-hydrogen) atoms. The average Bonchev–Trinajstić information content (AvgIpc) is 3.22. The summed E-state index contributed by atoms with van der Waals surface area (Å²) in [7, 11) is 1.71. The standard InChI is InChI=1S/C11H13N5O.C4H10O.C4H6.C3H8.C2H6.CH2O/c1-7-5-16-6-8(2-3-10(16)14-7)15-11(17)9(13)4-12;1-3-4-5-2;1-3-4-2;1-3-2;2*1-2/h2-6H,12-13H2,1H3,(H,15,17);3-4H2,1-2H3;3-4H,1-2H2;3H2,1-2H3;1-2H3;1H2/b9-4-;;;;;. The molecule has 0 saturated carbocycles. The smallest absolute Gasteiger partial charge is 0.273 e. The van der Waals surface area contributed by atoms with Crippen LogP contribution in [-0.4, -0.2) is 35.8 Å². The third-order valence-corrected chi connectivity index (χ3v) is 2.85. The van der Waals surface area contributed by atoms with Crippen molar-refractivity contribution in [2.75, 3.05) is 19.0 Å².